The van der Waals surface area contributed by atoms with Crippen LogP contribution in [0.15, 0.2) is 118 Å². The molecule has 0 radical (unpaired) electrons. The van der Waals surface area contributed by atoms with Crippen LogP contribution < -0.4 is 4.90 Å². The zero-order chi connectivity index (χ0) is 33.9. The van der Waals surface area contributed by atoms with Crippen LogP contribution in [0.1, 0.15) is 112 Å². The molecule has 1 nitrogen and oxygen atoms in total. The number of rotatable bonds is 4. The number of nitrogens with zero attached hydrogens (tertiary/aromatic N) is 1. The van der Waals surface area contributed by atoms with E-state index in [4.69, 9.17) is 0 Å². The van der Waals surface area contributed by atoms with Gasteiger partial charge in [-0.15, -0.1) is 0 Å². The number of hydrogen-bond acceptors (Lipinski definition) is 1. The molecule has 48 heavy (non-hydrogen) atoms. The molecule has 0 N–H and O–H groups in total. The lowest BCUT2D eigenvalue weighted by Crippen LogP contribution is -2.36. The number of allylic oxidation sites excluding steroid dienone is 11. The molecule has 2 bridgehead atoms. The van der Waals surface area contributed by atoms with Crippen LogP contribution in [0, 0.1) is 20.8 Å². The van der Waals surface area contributed by atoms with Gasteiger partial charge < -0.3 is 4.90 Å². The molecule has 0 saturated carbocycles. The molecule has 0 amide bonds. The Labute approximate surface area is 289 Å². The van der Waals surface area contributed by atoms with E-state index in [-0.39, 0.29) is 16.7 Å². The molecule has 1 atom stereocenters. The van der Waals surface area contributed by atoms with Crippen LogP contribution in [0.5, 0.6) is 0 Å². The van der Waals surface area contributed by atoms with E-state index in [9.17, 15) is 0 Å². The Morgan fingerprint density at radius 3 is 2.29 bits per heavy atom. The SMILES string of the molecule is CC1=CCC=C1C(C)(C)c1ccc2c(c1C)C1C(C)=C(Cc3c(C)ccc4c3N2C2=CCC=C2C4(C)C)C(C)=C1Cc1ccccc1C. The Morgan fingerprint density at radius 2 is 1.56 bits per heavy atom. The van der Waals surface area contributed by atoms with Crippen molar-refractivity contribution in [1.82, 2.24) is 0 Å². The van der Waals surface area contributed by atoms with Crippen molar-refractivity contribution >= 4 is 11.4 Å². The Hall–Kier alpha value is -4.10. The highest BCUT2D eigenvalue weighted by Gasteiger charge is 2.46. The predicted octanol–water partition coefficient (Wildman–Crippen LogP) is 12.3. The van der Waals surface area contributed by atoms with E-state index >= 15 is 0 Å². The molecule has 5 aliphatic rings. The zero-order valence-corrected chi connectivity index (χ0v) is 30.8. The predicted molar refractivity (Wildman–Crippen MR) is 205 cm³/mol. The number of fused-ring (bicyclic) bond motifs is 6. The number of aryl methyl sites for hydroxylation is 2. The van der Waals surface area contributed by atoms with Gasteiger partial charge in [-0.3, -0.25) is 0 Å². The van der Waals surface area contributed by atoms with E-state index in [1.165, 1.54) is 83.9 Å². The van der Waals surface area contributed by atoms with Gasteiger partial charge in [-0.05, 0) is 134 Å². The second kappa shape index (κ2) is 10.7. The van der Waals surface area contributed by atoms with Gasteiger partial charge in [-0.2, -0.15) is 0 Å². The van der Waals surface area contributed by atoms with Gasteiger partial charge in [0.25, 0.3) is 0 Å². The largest absolute Gasteiger partial charge is 0.310 e. The minimum absolute atomic E-state index is 0.0516. The van der Waals surface area contributed by atoms with Crippen LogP contribution in [0.3, 0.4) is 0 Å². The van der Waals surface area contributed by atoms with E-state index < -0.39 is 0 Å². The van der Waals surface area contributed by atoms with Crippen molar-refractivity contribution in [3.05, 3.63) is 162 Å². The fraction of sp³-hybridized carbons (Fsp3) is 0.362. The van der Waals surface area contributed by atoms with E-state index in [0.29, 0.717) is 0 Å². The summed E-state index contributed by atoms with van der Waals surface area (Å²) in [5, 5.41) is 0. The van der Waals surface area contributed by atoms with Crippen molar-refractivity contribution in [2.75, 3.05) is 4.90 Å². The molecule has 0 fully saturated rings. The first-order valence-electron chi connectivity index (χ1n) is 18.1. The third-order valence-corrected chi connectivity index (χ3v) is 13.0. The summed E-state index contributed by atoms with van der Waals surface area (Å²) in [7, 11) is 0. The lowest BCUT2D eigenvalue weighted by Gasteiger charge is -2.46. The first-order chi connectivity index (χ1) is 22.8. The Kier molecular flexibility index (Phi) is 6.95. The minimum Gasteiger partial charge on any atom is -0.310 e. The lowest BCUT2D eigenvalue weighted by atomic mass is 9.69. The monoisotopic (exact) mass is 629 g/mol. The summed E-state index contributed by atoms with van der Waals surface area (Å²) in [5.41, 5.74) is 26.2. The summed E-state index contributed by atoms with van der Waals surface area (Å²) in [4.78, 5) is 2.72. The molecular formula is C47H51N. The molecule has 1 heteroatoms. The van der Waals surface area contributed by atoms with E-state index in [1.807, 2.05) is 0 Å². The topological polar surface area (TPSA) is 3.24 Å². The molecule has 8 rings (SSSR count). The Bertz CT molecular complexity index is 2130. The summed E-state index contributed by atoms with van der Waals surface area (Å²) in [6, 6.07) is 18.9. The van der Waals surface area contributed by atoms with Gasteiger partial charge >= 0.3 is 0 Å². The normalized spacial score (nSPS) is 20.8. The highest BCUT2D eigenvalue weighted by Crippen LogP contribution is 2.60. The highest BCUT2D eigenvalue weighted by molar-refractivity contribution is 5.88. The van der Waals surface area contributed by atoms with Crippen molar-refractivity contribution in [2.45, 2.75) is 112 Å². The molecule has 244 valence electrons. The lowest BCUT2D eigenvalue weighted by molar-refractivity contribution is 0.612. The van der Waals surface area contributed by atoms with E-state index in [0.717, 1.165) is 25.7 Å². The van der Waals surface area contributed by atoms with Gasteiger partial charge in [0, 0.05) is 28.9 Å². The van der Waals surface area contributed by atoms with Gasteiger partial charge in [0.2, 0.25) is 0 Å². The van der Waals surface area contributed by atoms with Gasteiger partial charge in [-0.1, -0.05) is 111 Å². The van der Waals surface area contributed by atoms with Gasteiger partial charge in [-0.25, -0.2) is 0 Å². The zero-order valence-electron chi connectivity index (χ0n) is 30.8. The highest BCUT2D eigenvalue weighted by atomic mass is 15.2. The van der Waals surface area contributed by atoms with Crippen LogP contribution in [-0.4, -0.2) is 0 Å². The molecule has 2 aliphatic heterocycles. The Balaban J connectivity index is 1.48. The van der Waals surface area contributed by atoms with Gasteiger partial charge in [0.15, 0.2) is 0 Å². The second-order valence-electron chi connectivity index (χ2n) is 16.2. The smallest absolute Gasteiger partial charge is 0.0540 e. The molecule has 0 aromatic heterocycles. The quantitative estimate of drug-likeness (QED) is 0.277. The molecule has 3 aromatic carbocycles. The fourth-order valence-electron chi connectivity index (χ4n) is 10.2. The molecule has 0 saturated heterocycles. The average molecular weight is 630 g/mol. The summed E-state index contributed by atoms with van der Waals surface area (Å²) >= 11 is 0. The van der Waals surface area contributed by atoms with Crippen LogP contribution in [-0.2, 0) is 23.7 Å². The third kappa shape index (κ3) is 4.22. The van der Waals surface area contributed by atoms with Crippen molar-refractivity contribution in [1.29, 1.82) is 0 Å². The van der Waals surface area contributed by atoms with Crippen molar-refractivity contribution < 1.29 is 0 Å². The molecule has 0 spiro atoms. The summed E-state index contributed by atoms with van der Waals surface area (Å²) < 4.78 is 0. The van der Waals surface area contributed by atoms with Crippen LogP contribution in [0.25, 0.3) is 0 Å². The molecule has 3 aromatic rings. The van der Waals surface area contributed by atoms with E-state index in [2.05, 4.69) is 147 Å². The summed E-state index contributed by atoms with van der Waals surface area (Å²) in [5.74, 6) is 0.238. The van der Waals surface area contributed by atoms with Crippen LogP contribution in [0.4, 0.5) is 11.4 Å². The number of benzene rings is 3. The van der Waals surface area contributed by atoms with Crippen LogP contribution in [0.2, 0.25) is 0 Å². The maximum Gasteiger partial charge on any atom is 0.0540 e. The molecule has 3 aliphatic carbocycles. The maximum absolute atomic E-state index is 2.72. The standard InChI is InChI=1S/C47H51N/c1-27-15-11-12-17-33(27)25-36-30(4)35-26-34-28(2)21-22-40-45(34)48(41-20-14-19-39(41)47(40,9)10)42-24-23-38(32(6)44(42)43(36)31(35)5)46(7,8)37-18-13-16-29(37)3/h11-12,15-24,43H,13-14,25-26H2,1-10H3. The van der Waals surface area contributed by atoms with Crippen molar-refractivity contribution in [3.8, 4) is 0 Å². The third-order valence-electron chi connectivity index (χ3n) is 13.0. The van der Waals surface area contributed by atoms with Crippen LogP contribution >= 0.6 is 0 Å². The molecular weight excluding hydrogens is 579 g/mol. The van der Waals surface area contributed by atoms with Gasteiger partial charge in [0.05, 0.1) is 11.4 Å². The van der Waals surface area contributed by atoms with E-state index in [1.54, 1.807) is 16.7 Å². The molecule has 2 heterocycles. The second-order valence-corrected chi connectivity index (χ2v) is 16.2. The number of hydrogen-bond donors (Lipinski definition) is 0. The summed E-state index contributed by atoms with van der Waals surface area (Å²) in [6.45, 7) is 24.0. The number of anilines is 2. The minimum atomic E-state index is -0.0934. The van der Waals surface area contributed by atoms with Crippen molar-refractivity contribution in [3.63, 3.8) is 0 Å². The first-order valence-corrected chi connectivity index (χ1v) is 18.1. The summed E-state index contributed by atoms with van der Waals surface area (Å²) in [6.07, 6.45) is 13.8. The van der Waals surface area contributed by atoms with Crippen molar-refractivity contribution in [2.24, 2.45) is 0 Å². The van der Waals surface area contributed by atoms with Gasteiger partial charge in [0.1, 0.15) is 0 Å². The average Bonchev–Trinajstić information content (AvgIpc) is 3.76. The Morgan fingerprint density at radius 1 is 0.812 bits per heavy atom. The fourth-order valence-corrected chi connectivity index (χ4v) is 10.2. The maximum atomic E-state index is 2.72. The molecule has 1 unspecified atom stereocenters. The first kappa shape index (κ1) is 31.2.